The van der Waals surface area contributed by atoms with Gasteiger partial charge in [0.15, 0.2) is 0 Å². The fourth-order valence-electron chi connectivity index (χ4n) is 2.35. The van der Waals surface area contributed by atoms with Crippen molar-refractivity contribution in [3.8, 4) is 0 Å². The summed E-state index contributed by atoms with van der Waals surface area (Å²) in [5.74, 6) is 0.433. The van der Waals surface area contributed by atoms with Gasteiger partial charge < -0.3 is 10.1 Å². The molecule has 0 unspecified atom stereocenters. The number of carbonyl (C=O) groups is 2. The van der Waals surface area contributed by atoms with Crippen LogP contribution in [0.3, 0.4) is 0 Å². The third-order valence-corrected chi connectivity index (χ3v) is 4.80. The van der Waals surface area contributed by atoms with Crippen LogP contribution in [-0.4, -0.2) is 18.5 Å². The van der Waals surface area contributed by atoms with Crippen LogP contribution in [-0.2, 0) is 9.53 Å². The summed E-state index contributed by atoms with van der Waals surface area (Å²) in [7, 11) is 0. The lowest BCUT2D eigenvalue weighted by atomic mass is 10.2. The van der Waals surface area contributed by atoms with E-state index in [2.05, 4.69) is 12.2 Å². The van der Waals surface area contributed by atoms with E-state index < -0.39 is 0 Å². The van der Waals surface area contributed by atoms with Gasteiger partial charge in [-0.05, 0) is 48.9 Å². The summed E-state index contributed by atoms with van der Waals surface area (Å²) in [6, 6.07) is 7.51. The van der Waals surface area contributed by atoms with Gasteiger partial charge in [0.1, 0.15) is 4.88 Å². The first-order valence-corrected chi connectivity index (χ1v) is 7.91. The minimum Gasteiger partial charge on any atom is -0.462 e. The normalized spacial score (nSPS) is 20.3. The number of nitrogens with one attached hydrogen (secondary N) is 1. The number of fused-ring (bicyclic) bond motifs is 1. The van der Waals surface area contributed by atoms with Gasteiger partial charge in [0.25, 0.3) is 0 Å². The van der Waals surface area contributed by atoms with Gasteiger partial charge in [0.2, 0.25) is 5.91 Å². The second-order valence-corrected chi connectivity index (χ2v) is 6.48. The average molecular weight is 303 g/mol. The highest BCUT2D eigenvalue weighted by molar-refractivity contribution is 7.20. The van der Waals surface area contributed by atoms with Gasteiger partial charge in [-0.1, -0.05) is 6.92 Å². The molecule has 2 aromatic rings. The minimum atomic E-state index is -0.295. The maximum absolute atomic E-state index is 11.9. The van der Waals surface area contributed by atoms with Gasteiger partial charge >= 0.3 is 5.97 Å². The summed E-state index contributed by atoms with van der Waals surface area (Å²) in [6.45, 7) is 4.24. The van der Waals surface area contributed by atoms with Gasteiger partial charge in [-0.25, -0.2) is 4.79 Å². The number of hydrogen-bond acceptors (Lipinski definition) is 4. The Morgan fingerprint density at radius 2 is 2.14 bits per heavy atom. The van der Waals surface area contributed by atoms with Crippen molar-refractivity contribution in [3.05, 3.63) is 29.1 Å². The number of benzene rings is 1. The van der Waals surface area contributed by atoms with Gasteiger partial charge in [-0.15, -0.1) is 11.3 Å². The summed E-state index contributed by atoms with van der Waals surface area (Å²) in [5.41, 5.74) is 0.778. The van der Waals surface area contributed by atoms with Crippen molar-refractivity contribution in [1.29, 1.82) is 0 Å². The number of esters is 1. The number of hydrogen-bond donors (Lipinski definition) is 1. The molecule has 3 rings (SSSR count). The summed E-state index contributed by atoms with van der Waals surface area (Å²) in [5, 5.41) is 3.89. The minimum absolute atomic E-state index is 0.0858. The Balaban J connectivity index is 1.79. The third-order valence-electron chi connectivity index (χ3n) is 3.71. The van der Waals surface area contributed by atoms with Crippen molar-refractivity contribution in [3.63, 3.8) is 0 Å². The van der Waals surface area contributed by atoms with Crippen LogP contribution in [0.1, 0.15) is 29.9 Å². The molecule has 1 fully saturated rings. The Bertz CT molecular complexity index is 707. The highest BCUT2D eigenvalue weighted by atomic mass is 32.1. The van der Waals surface area contributed by atoms with Gasteiger partial charge in [0, 0.05) is 16.3 Å². The van der Waals surface area contributed by atoms with Crippen LogP contribution < -0.4 is 5.32 Å². The molecular formula is C16H17NO3S. The molecule has 1 aromatic heterocycles. The van der Waals surface area contributed by atoms with E-state index in [1.54, 1.807) is 6.92 Å². The molecule has 1 N–H and O–H groups in total. The van der Waals surface area contributed by atoms with Crippen LogP contribution in [0.5, 0.6) is 0 Å². The highest BCUT2D eigenvalue weighted by Crippen LogP contribution is 2.38. The van der Waals surface area contributed by atoms with E-state index in [1.165, 1.54) is 11.3 Å². The molecule has 0 saturated heterocycles. The van der Waals surface area contributed by atoms with E-state index in [-0.39, 0.29) is 17.8 Å². The first kappa shape index (κ1) is 14.1. The first-order chi connectivity index (χ1) is 10.1. The van der Waals surface area contributed by atoms with E-state index in [0.29, 0.717) is 17.4 Å². The summed E-state index contributed by atoms with van der Waals surface area (Å²) in [4.78, 5) is 24.3. The largest absolute Gasteiger partial charge is 0.462 e. The maximum atomic E-state index is 11.9. The number of rotatable bonds is 4. The molecule has 1 aromatic carbocycles. The Labute approximate surface area is 127 Å². The lowest BCUT2D eigenvalue weighted by Gasteiger charge is -2.04. The van der Waals surface area contributed by atoms with Gasteiger partial charge in [0.05, 0.1) is 6.61 Å². The fraction of sp³-hybridized carbons (Fsp3) is 0.375. The summed E-state index contributed by atoms with van der Waals surface area (Å²) in [6.07, 6.45) is 0.972. The maximum Gasteiger partial charge on any atom is 0.348 e. The average Bonchev–Trinajstić information content (AvgIpc) is 3.03. The number of carbonyl (C=O) groups excluding carboxylic acids is 2. The zero-order chi connectivity index (χ0) is 15.0. The van der Waals surface area contributed by atoms with Gasteiger partial charge in [-0.3, -0.25) is 4.79 Å². The monoisotopic (exact) mass is 303 g/mol. The van der Waals surface area contributed by atoms with Crippen molar-refractivity contribution in [2.24, 2.45) is 11.8 Å². The number of amides is 1. The molecule has 21 heavy (non-hydrogen) atoms. The van der Waals surface area contributed by atoms with Crippen LogP contribution >= 0.6 is 11.3 Å². The quantitative estimate of drug-likeness (QED) is 0.877. The number of anilines is 1. The zero-order valence-electron chi connectivity index (χ0n) is 12.0. The molecule has 1 saturated carbocycles. The second kappa shape index (κ2) is 5.48. The standard InChI is InChI=1S/C16H17NO3S/c1-3-20-16(19)14-8-10-7-11(4-5-13(10)21-14)17-15(18)12-6-9(12)2/h4-5,7-9,12H,3,6H2,1-2H3,(H,17,18)/t9-,12-/m1/s1. The Kier molecular flexibility index (Phi) is 3.68. The third kappa shape index (κ3) is 2.93. The molecule has 5 heteroatoms. The van der Waals surface area contributed by atoms with E-state index in [0.717, 1.165) is 22.2 Å². The van der Waals surface area contributed by atoms with Crippen LogP contribution in [0.15, 0.2) is 24.3 Å². The molecule has 1 aliphatic rings. The van der Waals surface area contributed by atoms with E-state index >= 15 is 0 Å². The lowest BCUT2D eigenvalue weighted by molar-refractivity contribution is -0.117. The molecule has 0 bridgehead atoms. The smallest absolute Gasteiger partial charge is 0.348 e. The SMILES string of the molecule is CCOC(=O)c1cc2cc(NC(=O)[C@@H]3C[C@H]3C)ccc2s1. The first-order valence-electron chi connectivity index (χ1n) is 7.10. The molecule has 0 spiro atoms. The number of ether oxygens (including phenoxy) is 1. The van der Waals surface area contributed by atoms with E-state index in [4.69, 9.17) is 4.74 Å². The topological polar surface area (TPSA) is 55.4 Å². The summed E-state index contributed by atoms with van der Waals surface area (Å²) >= 11 is 1.40. The Morgan fingerprint density at radius 1 is 1.38 bits per heavy atom. The molecule has 110 valence electrons. The molecule has 4 nitrogen and oxygen atoms in total. The summed E-state index contributed by atoms with van der Waals surface area (Å²) < 4.78 is 6.02. The van der Waals surface area contributed by atoms with Crippen molar-refractivity contribution < 1.29 is 14.3 Å². The molecular weight excluding hydrogens is 286 g/mol. The predicted octanol–water partition coefficient (Wildman–Crippen LogP) is 3.67. The fourth-order valence-corrected chi connectivity index (χ4v) is 3.28. The molecule has 1 aliphatic carbocycles. The Hall–Kier alpha value is -1.88. The molecule has 2 atom stereocenters. The van der Waals surface area contributed by atoms with E-state index in [9.17, 15) is 9.59 Å². The molecule has 1 heterocycles. The highest BCUT2D eigenvalue weighted by Gasteiger charge is 2.39. The van der Waals surface area contributed by atoms with Crippen molar-refractivity contribution >= 4 is 39.0 Å². The van der Waals surface area contributed by atoms with Crippen molar-refractivity contribution in [2.45, 2.75) is 20.3 Å². The van der Waals surface area contributed by atoms with Crippen LogP contribution in [0.25, 0.3) is 10.1 Å². The molecule has 0 radical (unpaired) electrons. The van der Waals surface area contributed by atoms with Crippen LogP contribution in [0.2, 0.25) is 0 Å². The zero-order valence-corrected chi connectivity index (χ0v) is 12.8. The molecule has 1 amide bonds. The second-order valence-electron chi connectivity index (χ2n) is 5.39. The molecule has 0 aliphatic heterocycles. The van der Waals surface area contributed by atoms with Crippen LogP contribution in [0.4, 0.5) is 5.69 Å². The van der Waals surface area contributed by atoms with E-state index in [1.807, 2.05) is 24.3 Å². The Morgan fingerprint density at radius 3 is 2.81 bits per heavy atom. The van der Waals surface area contributed by atoms with Gasteiger partial charge in [-0.2, -0.15) is 0 Å². The van der Waals surface area contributed by atoms with Crippen molar-refractivity contribution in [1.82, 2.24) is 0 Å². The lowest BCUT2D eigenvalue weighted by Crippen LogP contribution is -2.14. The van der Waals surface area contributed by atoms with Crippen molar-refractivity contribution in [2.75, 3.05) is 11.9 Å². The number of thiophene rings is 1. The predicted molar refractivity (Wildman–Crippen MR) is 83.7 cm³/mol. The van der Waals surface area contributed by atoms with Crippen LogP contribution in [0, 0.1) is 11.8 Å².